The molecule has 0 saturated heterocycles. The van der Waals surface area contributed by atoms with Gasteiger partial charge in [-0.3, -0.25) is 0 Å². The highest BCUT2D eigenvalue weighted by atomic mass is 16.5. The Labute approximate surface area is 89.3 Å². The van der Waals surface area contributed by atoms with E-state index in [1.165, 1.54) is 7.11 Å². The number of methoxy groups -OCH3 is 1. The van der Waals surface area contributed by atoms with Crippen LogP contribution in [-0.2, 0) is 11.8 Å². The van der Waals surface area contributed by atoms with Gasteiger partial charge in [-0.05, 0) is 18.6 Å². The van der Waals surface area contributed by atoms with Gasteiger partial charge in [-0.15, -0.1) is 0 Å². The molecule has 0 aliphatic rings. The summed E-state index contributed by atoms with van der Waals surface area (Å²) in [5, 5.41) is 0. The van der Waals surface area contributed by atoms with E-state index in [2.05, 4.69) is 4.74 Å². The number of aryl methyl sites for hydroxylation is 1. The zero-order chi connectivity index (χ0) is 11.4. The molecule has 4 nitrogen and oxygen atoms in total. The predicted molar refractivity (Wildman–Crippen MR) is 59.4 cm³/mol. The highest BCUT2D eigenvalue weighted by Gasteiger charge is 2.10. The predicted octanol–water partition coefficient (Wildman–Crippen LogP) is 1.17. The number of nitrogens with zero attached hydrogens (tertiary/aromatic N) is 1. The SMILES string of the molecule is COC(=O)c1cc(/C=C/C(C)N)cn1C. The maximum atomic E-state index is 11.3. The molecule has 1 unspecified atom stereocenters. The molecule has 0 amide bonds. The number of carbonyl (C=O) groups is 1. The number of aromatic nitrogens is 1. The Morgan fingerprint density at radius 2 is 2.33 bits per heavy atom. The molecule has 1 aromatic rings. The average molecular weight is 208 g/mol. The van der Waals surface area contributed by atoms with Crippen LogP contribution in [0.3, 0.4) is 0 Å². The molecule has 0 fully saturated rings. The fourth-order valence-corrected chi connectivity index (χ4v) is 1.25. The number of ether oxygens (including phenoxy) is 1. The number of rotatable bonds is 3. The summed E-state index contributed by atoms with van der Waals surface area (Å²) in [6.07, 6.45) is 5.61. The van der Waals surface area contributed by atoms with Crippen LogP contribution in [0.2, 0.25) is 0 Å². The smallest absolute Gasteiger partial charge is 0.354 e. The van der Waals surface area contributed by atoms with Crippen LogP contribution in [0.25, 0.3) is 6.08 Å². The fourth-order valence-electron chi connectivity index (χ4n) is 1.25. The summed E-state index contributed by atoms with van der Waals surface area (Å²) in [6, 6.07) is 1.77. The topological polar surface area (TPSA) is 57.2 Å². The zero-order valence-electron chi connectivity index (χ0n) is 9.23. The van der Waals surface area contributed by atoms with Gasteiger partial charge in [0.2, 0.25) is 0 Å². The average Bonchev–Trinajstić information content (AvgIpc) is 2.55. The minimum Gasteiger partial charge on any atom is -0.464 e. The molecule has 0 bridgehead atoms. The second-order valence-corrected chi connectivity index (χ2v) is 3.48. The molecule has 0 spiro atoms. The molecule has 0 aromatic carbocycles. The van der Waals surface area contributed by atoms with Gasteiger partial charge >= 0.3 is 5.97 Å². The Balaban J connectivity index is 2.91. The van der Waals surface area contributed by atoms with Crippen molar-refractivity contribution in [1.29, 1.82) is 0 Å². The van der Waals surface area contributed by atoms with Gasteiger partial charge in [-0.25, -0.2) is 4.79 Å². The quantitative estimate of drug-likeness (QED) is 0.759. The molecule has 2 N–H and O–H groups in total. The van der Waals surface area contributed by atoms with Crippen LogP contribution in [0.4, 0.5) is 0 Å². The summed E-state index contributed by atoms with van der Waals surface area (Å²) in [7, 11) is 3.17. The van der Waals surface area contributed by atoms with Gasteiger partial charge < -0.3 is 15.0 Å². The van der Waals surface area contributed by atoms with E-state index in [0.29, 0.717) is 5.69 Å². The first-order valence-electron chi connectivity index (χ1n) is 4.73. The number of hydrogen-bond donors (Lipinski definition) is 1. The van der Waals surface area contributed by atoms with E-state index in [9.17, 15) is 4.79 Å². The molecule has 15 heavy (non-hydrogen) atoms. The lowest BCUT2D eigenvalue weighted by Crippen LogP contribution is -2.09. The zero-order valence-corrected chi connectivity index (χ0v) is 9.23. The molecule has 4 heteroatoms. The van der Waals surface area contributed by atoms with Gasteiger partial charge in [0.25, 0.3) is 0 Å². The first kappa shape index (κ1) is 11.5. The van der Waals surface area contributed by atoms with Gasteiger partial charge in [0.15, 0.2) is 0 Å². The molecule has 1 heterocycles. The third kappa shape index (κ3) is 2.95. The second-order valence-electron chi connectivity index (χ2n) is 3.48. The van der Waals surface area contributed by atoms with Crippen molar-refractivity contribution >= 4 is 12.0 Å². The molecule has 1 rings (SSSR count). The van der Waals surface area contributed by atoms with E-state index in [1.807, 2.05) is 25.3 Å². The third-order valence-electron chi connectivity index (χ3n) is 2.01. The van der Waals surface area contributed by atoms with Crippen molar-refractivity contribution < 1.29 is 9.53 Å². The molecule has 0 radical (unpaired) electrons. The van der Waals surface area contributed by atoms with Crippen molar-refractivity contribution in [2.45, 2.75) is 13.0 Å². The van der Waals surface area contributed by atoms with Gasteiger partial charge in [-0.1, -0.05) is 12.2 Å². The van der Waals surface area contributed by atoms with Crippen molar-refractivity contribution in [2.75, 3.05) is 7.11 Å². The second kappa shape index (κ2) is 4.79. The number of esters is 1. The molecular formula is C11H16N2O2. The monoisotopic (exact) mass is 208 g/mol. The first-order valence-corrected chi connectivity index (χ1v) is 4.73. The van der Waals surface area contributed by atoms with Crippen LogP contribution < -0.4 is 5.73 Å². The summed E-state index contributed by atoms with van der Waals surface area (Å²) in [4.78, 5) is 11.3. The van der Waals surface area contributed by atoms with Crippen LogP contribution in [0, 0.1) is 0 Å². The van der Waals surface area contributed by atoms with Gasteiger partial charge in [0.05, 0.1) is 7.11 Å². The summed E-state index contributed by atoms with van der Waals surface area (Å²) in [5.41, 5.74) is 7.06. The Morgan fingerprint density at radius 3 is 2.87 bits per heavy atom. The third-order valence-corrected chi connectivity index (χ3v) is 2.01. The Bertz CT molecular complexity index is 378. The summed E-state index contributed by atoms with van der Waals surface area (Å²) in [5.74, 6) is -0.335. The van der Waals surface area contributed by atoms with E-state index in [4.69, 9.17) is 5.73 Å². The lowest BCUT2D eigenvalue weighted by molar-refractivity contribution is 0.0590. The van der Waals surface area contributed by atoms with Crippen molar-refractivity contribution in [2.24, 2.45) is 12.8 Å². The van der Waals surface area contributed by atoms with Crippen LogP contribution >= 0.6 is 0 Å². The van der Waals surface area contributed by atoms with Gasteiger partial charge in [-0.2, -0.15) is 0 Å². The minimum atomic E-state index is -0.335. The lowest BCUT2D eigenvalue weighted by Gasteiger charge is -1.98. The van der Waals surface area contributed by atoms with Crippen LogP contribution in [0.1, 0.15) is 23.0 Å². The summed E-state index contributed by atoms with van der Waals surface area (Å²) in [6.45, 7) is 1.89. The Hall–Kier alpha value is -1.55. The molecular weight excluding hydrogens is 192 g/mol. The van der Waals surface area contributed by atoms with Crippen molar-refractivity contribution in [3.63, 3.8) is 0 Å². The van der Waals surface area contributed by atoms with E-state index in [-0.39, 0.29) is 12.0 Å². The molecule has 82 valence electrons. The largest absolute Gasteiger partial charge is 0.464 e. The molecule has 1 aromatic heterocycles. The Morgan fingerprint density at radius 1 is 1.67 bits per heavy atom. The Kier molecular flexibility index (Phi) is 3.68. The van der Waals surface area contributed by atoms with Gasteiger partial charge in [0.1, 0.15) is 5.69 Å². The lowest BCUT2D eigenvalue weighted by atomic mass is 10.2. The number of hydrogen-bond acceptors (Lipinski definition) is 3. The van der Waals surface area contributed by atoms with Crippen molar-refractivity contribution in [3.05, 3.63) is 29.6 Å². The molecule has 0 aliphatic carbocycles. The highest BCUT2D eigenvalue weighted by Crippen LogP contribution is 2.10. The van der Waals surface area contributed by atoms with E-state index in [0.717, 1.165) is 5.56 Å². The first-order chi connectivity index (χ1) is 7.04. The maximum Gasteiger partial charge on any atom is 0.354 e. The van der Waals surface area contributed by atoms with Crippen LogP contribution in [0.5, 0.6) is 0 Å². The van der Waals surface area contributed by atoms with E-state index < -0.39 is 0 Å². The van der Waals surface area contributed by atoms with Crippen molar-refractivity contribution in [1.82, 2.24) is 4.57 Å². The standard InChI is InChI=1S/C11H16N2O2/c1-8(12)4-5-9-6-10(11(14)15-3)13(2)7-9/h4-8H,12H2,1-3H3/b5-4+. The maximum absolute atomic E-state index is 11.3. The summed E-state index contributed by atoms with van der Waals surface area (Å²) >= 11 is 0. The molecule has 0 aliphatic heterocycles. The normalized spacial score (nSPS) is 13.1. The van der Waals surface area contributed by atoms with Crippen LogP contribution in [0.15, 0.2) is 18.3 Å². The molecule has 0 saturated carbocycles. The molecule has 1 atom stereocenters. The fraction of sp³-hybridized carbons (Fsp3) is 0.364. The van der Waals surface area contributed by atoms with Crippen LogP contribution in [-0.4, -0.2) is 23.7 Å². The summed E-state index contributed by atoms with van der Waals surface area (Å²) < 4.78 is 6.38. The van der Waals surface area contributed by atoms with E-state index >= 15 is 0 Å². The number of carbonyl (C=O) groups excluding carboxylic acids is 1. The minimum absolute atomic E-state index is 0.00628. The number of nitrogens with two attached hydrogens (primary N) is 1. The van der Waals surface area contributed by atoms with Gasteiger partial charge in [0, 0.05) is 19.3 Å². The van der Waals surface area contributed by atoms with E-state index in [1.54, 1.807) is 17.7 Å². The van der Waals surface area contributed by atoms with Crippen molar-refractivity contribution in [3.8, 4) is 0 Å². The highest BCUT2D eigenvalue weighted by molar-refractivity contribution is 5.88.